The molecule has 0 fully saturated rings. The van der Waals surface area contributed by atoms with Gasteiger partial charge >= 0.3 is 0 Å². The maximum atomic E-state index is 12.3. The molecule has 0 spiro atoms. The van der Waals surface area contributed by atoms with Gasteiger partial charge in [0.05, 0.1) is 11.4 Å². The van der Waals surface area contributed by atoms with Crippen molar-refractivity contribution in [3.05, 3.63) is 23.8 Å². The molecule has 0 amide bonds. The quantitative estimate of drug-likeness (QED) is 0.851. The molecule has 0 atom stereocenters. The Morgan fingerprint density at radius 3 is 2.89 bits per heavy atom. The van der Waals surface area contributed by atoms with Gasteiger partial charge in [0.2, 0.25) is 10.0 Å². The second kappa shape index (κ2) is 5.18. The molecule has 0 bridgehead atoms. The molecule has 1 aromatic rings. The summed E-state index contributed by atoms with van der Waals surface area (Å²) in [5.41, 5.74) is 8.30. The van der Waals surface area contributed by atoms with Crippen LogP contribution in [-0.2, 0) is 16.4 Å². The van der Waals surface area contributed by atoms with E-state index in [1.54, 1.807) is 10.4 Å². The van der Waals surface area contributed by atoms with Crippen LogP contribution in [0.15, 0.2) is 18.2 Å². The molecule has 1 aliphatic rings. The molecule has 0 aliphatic carbocycles. The Morgan fingerprint density at radius 2 is 2.17 bits per heavy atom. The van der Waals surface area contributed by atoms with E-state index in [0.717, 1.165) is 30.5 Å². The van der Waals surface area contributed by atoms with Gasteiger partial charge < -0.3 is 5.73 Å². The summed E-state index contributed by atoms with van der Waals surface area (Å²) in [5.74, 6) is 0.229. The SMILES string of the molecule is CCCCS(=O)(=O)N1CCCc2cc(N)ccc21. The van der Waals surface area contributed by atoms with E-state index in [4.69, 9.17) is 5.73 Å². The average molecular weight is 268 g/mol. The average Bonchev–Trinajstić information content (AvgIpc) is 2.35. The number of nitrogens with zero attached hydrogens (tertiary/aromatic N) is 1. The van der Waals surface area contributed by atoms with Gasteiger partial charge in [0.1, 0.15) is 0 Å². The highest BCUT2D eigenvalue weighted by Crippen LogP contribution is 2.31. The second-order valence-electron chi connectivity index (χ2n) is 4.73. The standard InChI is InChI=1S/C13H20N2O2S/c1-2-3-9-18(16,17)15-8-4-5-11-10-12(14)6-7-13(11)15/h6-7,10H,2-5,8-9,14H2,1H3. The summed E-state index contributed by atoms with van der Waals surface area (Å²) in [4.78, 5) is 0. The van der Waals surface area contributed by atoms with Gasteiger partial charge in [-0.1, -0.05) is 13.3 Å². The smallest absolute Gasteiger partial charge is 0.235 e. The number of aryl methyl sites for hydroxylation is 1. The largest absolute Gasteiger partial charge is 0.399 e. The van der Waals surface area contributed by atoms with Crippen LogP contribution < -0.4 is 10.0 Å². The number of nitrogen functional groups attached to an aromatic ring is 1. The monoisotopic (exact) mass is 268 g/mol. The highest BCUT2D eigenvalue weighted by Gasteiger charge is 2.26. The van der Waals surface area contributed by atoms with Crippen LogP contribution in [0.1, 0.15) is 31.7 Å². The Bertz CT molecular complexity index is 526. The number of unbranched alkanes of at least 4 members (excludes halogenated alkanes) is 1. The molecule has 0 unspecified atom stereocenters. The highest BCUT2D eigenvalue weighted by molar-refractivity contribution is 7.92. The molecule has 100 valence electrons. The zero-order valence-electron chi connectivity index (χ0n) is 10.7. The minimum absolute atomic E-state index is 0.229. The van der Waals surface area contributed by atoms with Gasteiger partial charge in [0.15, 0.2) is 0 Å². The first kappa shape index (κ1) is 13.2. The zero-order valence-corrected chi connectivity index (χ0v) is 11.5. The van der Waals surface area contributed by atoms with Crippen molar-refractivity contribution in [1.29, 1.82) is 0 Å². The van der Waals surface area contributed by atoms with Crippen molar-refractivity contribution in [2.24, 2.45) is 0 Å². The molecular formula is C13H20N2O2S. The van der Waals surface area contributed by atoms with Gasteiger partial charge in [-0.3, -0.25) is 4.31 Å². The summed E-state index contributed by atoms with van der Waals surface area (Å²) >= 11 is 0. The zero-order chi connectivity index (χ0) is 13.2. The molecule has 1 aliphatic heterocycles. The Kier molecular flexibility index (Phi) is 3.80. The highest BCUT2D eigenvalue weighted by atomic mass is 32.2. The first-order chi connectivity index (χ1) is 8.54. The topological polar surface area (TPSA) is 63.4 Å². The van der Waals surface area contributed by atoms with Crippen molar-refractivity contribution in [3.63, 3.8) is 0 Å². The lowest BCUT2D eigenvalue weighted by Gasteiger charge is -2.30. The predicted molar refractivity (Wildman–Crippen MR) is 75.2 cm³/mol. The minimum atomic E-state index is -3.18. The lowest BCUT2D eigenvalue weighted by atomic mass is 10.0. The van der Waals surface area contributed by atoms with Gasteiger partial charge in [-0.15, -0.1) is 0 Å². The van der Waals surface area contributed by atoms with Crippen LogP contribution in [0.25, 0.3) is 0 Å². The fraction of sp³-hybridized carbons (Fsp3) is 0.538. The number of benzene rings is 1. The van der Waals surface area contributed by atoms with E-state index in [0.29, 0.717) is 18.7 Å². The molecule has 18 heavy (non-hydrogen) atoms. The van der Waals surface area contributed by atoms with E-state index >= 15 is 0 Å². The normalized spacial score (nSPS) is 15.5. The molecule has 0 aromatic heterocycles. The van der Waals surface area contributed by atoms with E-state index < -0.39 is 10.0 Å². The summed E-state index contributed by atoms with van der Waals surface area (Å²) in [5, 5.41) is 0. The minimum Gasteiger partial charge on any atom is -0.399 e. The Hall–Kier alpha value is -1.23. The fourth-order valence-electron chi connectivity index (χ4n) is 2.31. The van der Waals surface area contributed by atoms with Crippen molar-refractivity contribution in [2.75, 3.05) is 22.3 Å². The van der Waals surface area contributed by atoms with Crippen LogP contribution >= 0.6 is 0 Å². The lowest BCUT2D eigenvalue weighted by molar-refractivity contribution is 0.583. The number of fused-ring (bicyclic) bond motifs is 1. The van der Waals surface area contributed by atoms with Crippen LogP contribution in [0.3, 0.4) is 0 Å². The first-order valence-electron chi connectivity index (χ1n) is 6.43. The van der Waals surface area contributed by atoms with Crippen LogP contribution in [-0.4, -0.2) is 20.7 Å². The number of hydrogen-bond acceptors (Lipinski definition) is 3. The van der Waals surface area contributed by atoms with Gasteiger partial charge in [0.25, 0.3) is 0 Å². The van der Waals surface area contributed by atoms with Crippen LogP contribution in [0, 0.1) is 0 Å². The van der Waals surface area contributed by atoms with Crippen molar-refractivity contribution in [3.8, 4) is 0 Å². The van der Waals surface area contributed by atoms with Crippen LogP contribution in [0.4, 0.5) is 11.4 Å². The molecule has 0 radical (unpaired) electrons. The summed E-state index contributed by atoms with van der Waals surface area (Å²) in [7, 11) is -3.18. The molecule has 0 saturated heterocycles. The predicted octanol–water partition coefficient (Wildman–Crippen LogP) is 2.15. The Morgan fingerprint density at radius 1 is 1.39 bits per heavy atom. The molecule has 0 saturated carbocycles. The van der Waals surface area contributed by atoms with Gasteiger partial charge in [-0.2, -0.15) is 0 Å². The first-order valence-corrected chi connectivity index (χ1v) is 8.04. The number of anilines is 2. The third-order valence-corrected chi connectivity index (χ3v) is 5.13. The molecule has 1 aromatic carbocycles. The summed E-state index contributed by atoms with van der Waals surface area (Å²) < 4.78 is 26.1. The van der Waals surface area contributed by atoms with E-state index in [9.17, 15) is 8.42 Å². The molecule has 2 rings (SSSR count). The molecular weight excluding hydrogens is 248 g/mol. The molecule has 2 N–H and O–H groups in total. The summed E-state index contributed by atoms with van der Waals surface area (Å²) in [6, 6.07) is 5.48. The van der Waals surface area contributed by atoms with E-state index in [1.165, 1.54) is 0 Å². The molecule has 1 heterocycles. The van der Waals surface area contributed by atoms with E-state index in [2.05, 4.69) is 0 Å². The van der Waals surface area contributed by atoms with Crippen molar-refractivity contribution >= 4 is 21.4 Å². The summed E-state index contributed by atoms with van der Waals surface area (Å²) in [6.07, 6.45) is 3.37. The number of rotatable bonds is 4. The maximum absolute atomic E-state index is 12.3. The van der Waals surface area contributed by atoms with Gasteiger partial charge in [-0.25, -0.2) is 8.42 Å². The molecule has 5 heteroatoms. The van der Waals surface area contributed by atoms with Crippen LogP contribution in [0.2, 0.25) is 0 Å². The second-order valence-corrected chi connectivity index (χ2v) is 6.75. The summed E-state index contributed by atoms with van der Waals surface area (Å²) in [6.45, 7) is 2.59. The third kappa shape index (κ3) is 2.61. The Labute approximate surface area is 109 Å². The van der Waals surface area contributed by atoms with Gasteiger partial charge in [0, 0.05) is 12.2 Å². The number of sulfonamides is 1. The molecule has 4 nitrogen and oxygen atoms in total. The Balaban J connectivity index is 2.33. The maximum Gasteiger partial charge on any atom is 0.235 e. The fourth-order valence-corrected chi connectivity index (χ4v) is 4.07. The van der Waals surface area contributed by atoms with Crippen molar-refractivity contribution in [1.82, 2.24) is 0 Å². The number of hydrogen-bond donors (Lipinski definition) is 1. The van der Waals surface area contributed by atoms with Crippen LogP contribution in [0.5, 0.6) is 0 Å². The van der Waals surface area contributed by atoms with E-state index in [1.807, 2.05) is 19.1 Å². The number of nitrogens with two attached hydrogens (primary N) is 1. The lowest BCUT2D eigenvalue weighted by Crippen LogP contribution is -2.37. The van der Waals surface area contributed by atoms with Crippen molar-refractivity contribution in [2.45, 2.75) is 32.6 Å². The third-order valence-electron chi connectivity index (χ3n) is 3.27. The van der Waals surface area contributed by atoms with E-state index in [-0.39, 0.29) is 5.75 Å². The van der Waals surface area contributed by atoms with Crippen molar-refractivity contribution < 1.29 is 8.42 Å². The van der Waals surface area contributed by atoms with Gasteiger partial charge in [-0.05, 0) is 43.0 Å².